The van der Waals surface area contributed by atoms with E-state index in [0.29, 0.717) is 38.2 Å². The molecule has 2 rings (SSSR count). The lowest BCUT2D eigenvalue weighted by Gasteiger charge is -2.38. The fraction of sp³-hybridized carbons (Fsp3) is 0.556. The molecule has 0 spiro atoms. The quantitative estimate of drug-likeness (QED) is 0.921. The third kappa shape index (κ3) is 4.10. The number of aryl methyl sites for hydroxylation is 1. The van der Waals surface area contributed by atoms with Crippen LogP contribution in [0.3, 0.4) is 0 Å². The van der Waals surface area contributed by atoms with Crippen LogP contribution < -0.4 is 5.73 Å². The van der Waals surface area contributed by atoms with E-state index in [9.17, 15) is 9.59 Å². The molecule has 126 valence electrons. The molecule has 0 aromatic heterocycles. The van der Waals surface area contributed by atoms with Gasteiger partial charge in [-0.1, -0.05) is 31.0 Å². The number of rotatable bonds is 4. The average molecular weight is 317 g/mol. The normalized spacial score (nSPS) is 17.7. The Hall–Kier alpha value is -1.88. The van der Waals surface area contributed by atoms with Crippen LogP contribution in [-0.4, -0.2) is 53.3 Å². The van der Waals surface area contributed by atoms with Crippen LogP contribution in [0, 0.1) is 6.92 Å². The van der Waals surface area contributed by atoms with Gasteiger partial charge < -0.3 is 15.5 Å². The lowest BCUT2D eigenvalue weighted by Crippen LogP contribution is -2.58. The van der Waals surface area contributed by atoms with Crippen molar-refractivity contribution < 1.29 is 9.59 Å². The average Bonchev–Trinajstić information content (AvgIpc) is 2.54. The molecule has 0 aliphatic carbocycles. The number of hydrogen-bond donors (Lipinski definition) is 1. The van der Waals surface area contributed by atoms with Crippen LogP contribution in [0.4, 0.5) is 0 Å². The zero-order valence-corrected chi connectivity index (χ0v) is 14.3. The first kappa shape index (κ1) is 17.5. The van der Waals surface area contributed by atoms with E-state index in [1.165, 1.54) is 0 Å². The van der Waals surface area contributed by atoms with Crippen molar-refractivity contribution in [2.24, 2.45) is 5.73 Å². The molecule has 1 heterocycles. The van der Waals surface area contributed by atoms with Gasteiger partial charge in [0.2, 0.25) is 5.91 Å². The SMILES string of the molecule is CCCC(C)(N)C(=O)N1CCN(C(=O)c2ccc(C)cc2)CC1. The van der Waals surface area contributed by atoms with E-state index in [1.54, 1.807) is 11.8 Å². The summed E-state index contributed by atoms with van der Waals surface area (Å²) in [5.41, 5.74) is 7.16. The van der Waals surface area contributed by atoms with Crippen LogP contribution in [0.1, 0.15) is 42.6 Å². The zero-order chi connectivity index (χ0) is 17.0. The molecule has 2 N–H and O–H groups in total. The second-order valence-electron chi connectivity index (χ2n) is 6.62. The summed E-state index contributed by atoms with van der Waals surface area (Å²) in [6, 6.07) is 7.59. The molecule has 1 aromatic rings. The van der Waals surface area contributed by atoms with Gasteiger partial charge in [-0.15, -0.1) is 0 Å². The predicted octanol–water partition coefficient (Wildman–Crippen LogP) is 1.80. The summed E-state index contributed by atoms with van der Waals surface area (Å²) in [5, 5.41) is 0. The van der Waals surface area contributed by atoms with Gasteiger partial charge >= 0.3 is 0 Å². The van der Waals surface area contributed by atoms with Crippen LogP contribution in [0.5, 0.6) is 0 Å². The fourth-order valence-corrected chi connectivity index (χ4v) is 2.98. The van der Waals surface area contributed by atoms with Crippen LogP contribution in [-0.2, 0) is 4.79 Å². The van der Waals surface area contributed by atoms with Gasteiger partial charge in [-0.3, -0.25) is 9.59 Å². The van der Waals surface area contributed by atoms with Crippen LogP contribution in [0.15, 0.2) is 24.3 Å². The summed E-state index contributed by atoms with van der Waals surface area (Å²) in [5.74, 6) is 0.0166. The van der Waals surface area contributed by atoms with Gasteiger partial charge in [-0.2, -0.15) is 0 Å². The van der Waals surface area contributed by atoms with Crippen molar-refractivity contribution in [2.75, 3.05) is 26.2 Å². The molecule has 5 nitrogen and oxygen atoms in total. The van der Waals surface area contributed by atoms with E-state index in [-0.39, 0.29) is 11.8 Å². The Balaban J connectivity index is 1.94. The van der Waals surface area contributed by atoms with E-state index in [1.807, 2.05) is 43.0 Å². The number of benzene rings is 1. The summed E-state index contributed by atoms with van der Waals surface area (Å²) >= 11 is 0. The van der Waals surface area contributed by atoms with Crippen molar-refractivity contribution in [3.05, 3.63) is 35.4 Å². The summed E-state index contributed by atoms with van der Waals surface area (Å²) in [6.45, 7) is 8.03. The molecule has 1 unspecified atom stereocenters. The van der Waals surface area contributed by atoms with Crippen LogP contribution >= 0.6 is 0 Å². The third-order valence-corrected chi connectivity index (χ3v) is 4.41. The van der Waals surface area contributed by atoms with Crippen molar-refractivity contribution in [2.45, 2.75) is 39.2 Å². The molecule has 5 heteroatoms. The molecule has 1 fully saturated rings. The minimum atomic E-state index is -0.808. The second-order valence-corrected chi connectivity index (χ2v) is 6.62. The summed E-state index contributed by atoms with van der Waals surface area (Å²) in [7, 11) is 0. The topological polar surface area (TPSA) is 66.6 Å². The summed E-state index contributed by atoms with van der Waals surface area (Å²) < 4.78 is 0. The van der Waals surface area contributed by atoms with Gasteiger partial charge in [0.25, 0.3) is 5.91 Å². The molecular weight excluding hydrogens is 290 g/mol. The minimum absolute atomic E-state index is 0.0122. The Morgan fingerprint density at radius 3 is 2.13 bits per heavy atom. The number of piperazine rings is 1. The summed E-state index contributed by atoms with van der Waals surface area (Å²) in [4.78, 5) is 28.6. The lowest BCUT2D eigenvalue weighted by atomic mass is 9.95. The number of nitrogens with two attached hydrogens (primary N) is 1. The monoisotopic (exact) mass is 317 g/mol. The van der Waals surface area contributed by atoms with E-state index >= 15 is 0 Å². The Labute approximate surface area is 138 Å². The Bertz CT molecular complexity index is 558. The zero-order valence-electron chi connectivity index (χ0n) is 14.3. The molecule has 0 radical (unpaired) electrons. The maximum absolute atomic E-state index is 12.5. The first-order chi connectivity index (χ1) is 10.8. The highest BCUT2D eigenvalue weighted by Crippen LogP contribution is 2.16. The number of carbonyl (C=O) groups is 2. The number of hydrogen-bond acceptors (Lipinski definition) is 3. The van der Waals surface area contributed by atoms with Crippen LogP contribution in [0.25, 0.3) is 0 Å². The van der Waals surface area contributed by atoms with E-state index < -0.39 is 5.54 Å². The number of carbonyl (C=O) groups excluding carboxylic acids is 2. The highest BCUT2D eigenvalue weighted by atomic mass is 16.2. The van der Waals surface area contributed by atoms with Crippen molar-refractivity contribution in [1.82, 2.24) is 9.80 Å². The Morgan fingerprint density at radius 1 is 1.09 bits per heavy atom. The van der Waals surface area contributed by atoms with Crippen molar-refractivity contribution in [1.29, 1.82) is 0 Å². The van der Waals surface area contributed by atoms with Gasteiger partial charge in [0.1, 0.15) is 0 Å². The molecule has 0 saturated carbocycles. The second kappa shape index (κ2) is 7.13. The highest BCUT2D eigenvalue weighted by molar-refractivity contribution is 5.94. The number of nitrogens with zero attached hydrogens (tertiary/aromatic N) is 2. The van der Waals surface area contributed by atoms with Gasteiger partial charge in [0.15, 0.2) is 0 Å². The van der Waals surface area contributed by atoms with Crippen LogP contribution in [0.2, 0.25) is 0 Å². The molecule has 1 saturated heterocycles. The third-order valence-electron chi connectivity index (χ3n) is 4.41. The lowest BCUT2D eigenvalue weighted by molar-refractivity contribution is -0.138. The minimum Gasteiger partial charge on any atom is -0.338 e. The summed E-state index contributed by atoms with van der Waals surface area (Å²) in [6.07, 6.45) is 1.55. The van der Waals surface area contributed by atoms with E-state index in [4.69, 9.17) is 5.73 Å². The van der Waals surface area contributed by atoms with Gasteiger partial charge in [-0.25, -0.2) is 0 Å². The van der Waals surface area contributed by atoms with Crippen molar-refractivity contribution >= 4 is 11.8 Å². The van der Waals surface area contributed by atoms with Crippen molar-refractivity contribution in [3.63, 3.8) is 0 Å². The predicted molar refractivity (Wildman–Crippen MR) is 91.2 cm³/mol. The molecule has 0 bridgehead atoms. The standard InChI is InChI=1S/C18H27N3O2/c1-4-9-18(3,19)17(23)21-12-10-20(11-13-21)16(22)15-7-5-14(2)6-8-15/h5-8H,4,9-13,19H2,1-3H3. The van der Waals surface area contributed by atoms with E-state index in [0.717, 1.165) is 12.0 Å². The maximum atomic E-state index is 12.5. The Morgan fingerprint density at radius 2 is 1.61 bits per heavy atom. The van der Waals surface area contributed by atoms with Gasteiger partial charge in [0, 0.05) is 31.7 Å². The largest absolute Gasteiger partial charge is 0.338 e. The van der Waals surface area contributed by atoms with Crippen molar-refractivity contribution in [3.8, 4) is 0 Å². The Kier molecular flexibility index (Phi) is 5.42. The molecule has 1 aliphatic rings. The molecule has 1 atom stereocenters. The first-order valence-corrected chi connectivity index (χ1v) is 8.29. The van der Waals surface area contributed by atoms with Gasteiger partial charge in [-0.05, 0) is 32.4 Å². The van der Waals surface area contributed by atoms with Gasteiger partial charge in [0.05, 0.1) is 5.54 Å². The smallest absolute Gasteiger partial charge is 0.253 e. The maximum Gasteiger partial charge on any atom is 0.253 e. The highest BCUT2D eigenvalue weighted by Gasteiger charge is 2.34. The molecule has 23 heavy (non-hydrogen) atoms. The fourth-order valence-electron chi connectivity index (χ4n) is 2.98. The number of amides is 2. The molecule has 1 aliphatic heterocycles. The molecular formula is C18H27N3O2. The first-order valence-electron chi connectivity index (χ1n) is 8.29. The molecule has 2 amide bonds. The molecule has 1 aromatic carbocycles. The van der Waals surface area contributed by atoms with E-state index in [2.05, 4.69) is 0 Å².